The standard InChI is InChI=1S/C9H18N4O3S/c1-4(10)8(15)13-6(3-17)9(16)12-5(2)7(11)14/h4-6,17H,3,10H2,1-2H3,(H2,11,14)(H,12,16)(H,13,15)/t4-,5-,6-/m1/s1. The molecule has 3 atom stereocenters. The van der Waals surface area contributed by atoms with E-state index < -0.39 is 35.8 Å². The van der Waals surface area contributed by atoms with Crippen molar-refractivity contribution in [1.29, 1.82) is 0 Å². The molecule has 0 bridgehead atoms. The van der Waals surface area contributed by atoms with Crippen LogP contribution in [0.2, 0.25) is 0 Å². The van der Waals surface area contributed by atoms with Gasteiger partial charge in [-0.3, -0.25) is 14.4 Å². The maximum atomic E-state index is 11.6. The van der Waals surface area contributed by atoms with Crippen LogP contribution >= 0.6 is 12.6 Å². The minimum atomic E-state index is -0.848. The minimum absolute atomic E-state index is 0.0930. The number of hydrogen-bond donors (Lipinski definition) is 5. The second-order valence-electron chi connectivity index (χ2n) is 3.67. The van der Waals surface area contributed by atoms with Crippen LogP contribution in [-0.2, 0) is 14.4 Å². The van der Waals surface area contributed by atoms with Crippen molar-refractivity contribution in [3.8, 4) is 0 Å². The molecule has 0 rings (SSSR count). The van der Waals surface area contributed by atoms with Gasteiger partial charge in [-0.15, -0.1) is 0 Å². The Morgan fingerprint density at radius 3 is 2.06 bits per heavy atom. The van der Waals surface area contributed by atoms with Crippen LogP contribution in [-0.4, -0.2) is 41.6 Å². The van der Waals surface area contributed by atoms with Crippen LogP contribution in [0.15, 0.2) is 0 Å². The largest absolute Gasteiger partial charge is 0.368 e. The van der Waals surface area contributed by atoms with Crippen LogP contribution in [0.3, 0.4) is 0 Å². The first-order chi connectivity index (χ1) is 7.79. The van der Waals surface area contributed by atoms with E-state index in [-0.39, 0.29) is 5.75 Å². The van der Waals surface area contributed by atoms with E-state index in [0.29, 0.717) is 0 Å². The van der Waals surface area contributed by atoms with Crippen molar-refractivity contribution < 1.29 is 14.4 Å². The molecule has 0 aliphatic rings. The third-order valence-corrected chi connectivity index (χ3v) is 2.38. The van der Waals surface area contributed by atoms with Gasteiger partial charge >= 0.3 is 0 Å². The molecule has 0 heterocycles. The summed E-state index contributed by atoms with van der Waals surface area (Å²) in [5, 5.41) is 4.76. The number of primary amides is 1. The van der Waals surface area contributed by atoms with E-state index in [4.69, 9.17) is 11.5 Å². The fourth-order valence-corrected chi connectivity index (χ4v) is 1.14. The highest BCUT2D eigenvalue weighted by Crippen LogP contribution is 1.92. The predicted octanol–water partition coefficient (Wildman–Crippen LogP) is -2.26. The van der Waals surface area contributed by atoms with Gasteiger partial charge in [0.25, 0.3) is 0 Å². The quantitative estimate of drug-likeness (QED) is 0.346. The third kappa shape index (κ3) is 5.55. The average molecular weight is 262 g/mol. The molecule has 98 valence electrons. The number of nitrogens with one attached hydrogen (secondary N) is 2. The summed E-state index contributed by atoms with van der Waals surface area (Å²) in [7, 11) is 0. The number of rotatable bonds is 6. The van der Waals surface area contributed by atoms with Gasteiger partial charge in [0.15, 0.2) is 0 Å². The number of carbonyl (C=O) groups excluding carboxylic acids is 3. The smallest absolute Gasteiger partial charge is 0.244 e. The first-order valence-electron chi connectivity index (χ1n) is 5.06. The molecule has 0 saturated heterocycles. The second-order valence-corrected chi connectivity index (χ2v) is 4.03. The molecule has 0 radical (unpaired) electrons. The summed E-state index contributed by atoms with van der Waals surface area (Å²) in [6.45, 7) is 2.94. The molecule has 0 aromatic carbocycles. The normalized spacial score (nSPS) is 15.5. The summed E-state index contributed by atoms with van der Waals surface area (Å²) in [5.41, 5.74) is 10.3. The number of nitrogens with two attached hydrogens (primary N) is 2. The summed E-state index contributed by atoms with van der Waals surface area (Å²) in [6, 6.07) is -2.38. The Hall–Kier alpha value is -1.28. The predicted molar refractivity (Wildman–Crippen MR) is 66.2 cm³/mol. The molecule has 0 aromatic rings. The third-order valence-electron chi connectivity index (χ3n) is 2.01. The lowest BCUT2D eigenvalue weighted by molar-refractivity contribution is -0.130. The van der Waals surface area contributed by atoms with Crippen molar-refractivity contribution in [2.24, 2.45) is 11.5 Å². The highest BCUT2D eigenvalue weighted by atomic mass is 32.1. The van der Waals surface area contributed by atoms with Gasteiger partial charge in [0.1, 0.15) is 12.1 Å². The van der Waals surface area contributed by atoms with Crippen molar-refractivity contribution in [3.05, 3.63) is 0 Å². The fraction of sp³-hybridized carbons (Fsp3) is 0.667. The Labute approximate surface area is 105 Å². The first kappa shape index (κ1) is 15.7. The van der Waals surface area contributed by atoms with E-state index in [1.807, 2.05) is 0 Å². The van der Waals surface area contributed by atoms with E-state index >= 15 is 0 Å². The zero-order valence-electron chi connectivity index (χ0n) is 9.77. The molecule has 8 heteroatoms. The molecule has 3 amide bonds. The van der Waals surface area contributed by atoms with Gasteiger partial charge in [-0.05, 0) is 13.8 Å². The molecule has 0 fully saturated rings. The average Bonchev–Trinajstić information content (AvgIpc) is 2.24. The zero-order valence-corrected chi connectivity index (χ0v) is 10.7. The van der Waals surface area contributed by atoms with Gasteiger partial charge < -0.3 is 22.1 Å². The van der Waals surface area contributed by atoms with Gasteiger partial charge in [-0.1, -0.05) is 0 Å². The highest BCUT2D eigenvalue weighted by Gasteiger charge is 2.23. The molecule has 0 aliphatic heterocycles. The van der Waals surface area contributed by atoms with Crippen molar-refractivity contribution >= 4 is 30.4 Å². The van der Waals surface area contributed by atoms with Crippen LogP contribution in [0.25, 0.3) is 0 Å². The van der Waals surface area contributed by atoms with E-state index in [2.05, 4.69) is 23.3 Å². The van der Waals surface area contributed by atoms with E-state index in [0.717, 1.165) is 0 Å². The topological polar surface area (TPSA) is 127 Å². The van der Waals surface area contributed by atoms with E-state index in [1.165, 1.54) is 13.8 Å². The monoisotopic (exact) mass is 262 g/mol. The SMILES string of the molecule is C[C@@H](N)C(=O)N[C@H](CS)C(=O)N[C@H](C)C(N)=O. The molecule has 0 unspecified atom stereocenters. The van der Waals surface area contributed by atoms with Crippen LogP contribution in [0.4, 0.5) is 0 Å². The van der Waals surface area contributed by atoms with Crippen LogP contribution in [0, 0.1) is 0 Å². The van der Waals surface area contributed by atoms with Crippen LogP contribution in [0.5, 0.6) is 0 Å². The highest BCUT2D eigenvalue weighted by molar-refractivity contribution is 7.80. The van der Waals surface area contributed by atoms with Gasteiger partial charge in [0.2, 0.25) is 17.7 Å². The van der Waals surface area contributed by atoms with E-state index in [1.54, 1.807) is 0 Å². The number of thiol groups is 1. The van der Waals surface area contributed by atoms with Crippen molar-refractivity contribution in [1.82, 2.24) is 10.6 Å². The Bertz CT molecular complexity index is 309. The lowest BCUT2D eigenvalue weighted by Gasteiger charge is -2.19. The van der Waals surface area contributed by atoms with Crippen molar-refractivity contribution in [2.45, 2.75) is 32.0 Å². The fourth-order valence-electron chi connectivity index (χ4n) is 0.882. The summed E-state index contributed by atoms with van der Waals surface area (Å²) >= 11 is 3.94. The first-order valence-corrected chi connectivity index (χ1v) is 5.69. The Balaban J connectivity index is 4.41. The number of carbonyl (C=O) groups is 3. The molecule has 6 N–H and O–H groups in total. The maximum absolute atomic E-state index is 11.6. The molecular weight excluding hydrogens is 244 g/mol. The molecule has 7 nitrogen and oxygen atoms in total. The maximum Gasteiger partial charge on any atom is 0.244 e. The van der Waals surface area contributed by atoms with Gasteiger partial charge in [-0.2, -0.15) is 12.6 Å². The van der Waals surface area contributed by atoms with Gasteiger partial charge in [-0.25, -0.2) is 0 Å². The number of hydrogen-bond acceptors (Lipinski definition) is 5. The second kappa shape index (κ2) is 7.13. The summed E-state index contributed by atoms with van der Waals surface area (Å²) in [5.74, 6) is -1.56. The molecule has 0 aliphatic carbocycles. The van der Waals surface area contributed by atoms with Gasteiger partial charge in [0, 0.05) is 5.75 Å². The number of amides is 3. The summed E-state index contributed by atoms with van der Waals surface area (Å²) < 4.78 is 0. The van der Waals surface area contributed by atoms with Crippen molar-refractivity contribution in [2.75, 3.05) is 5.75 Å². The summed E-state index contributed by atoms with van der Waals surface area (Å²) in [4.78, 5) is 33.7. The molecular formula is C9H18N4O3S. The minimum Gasteiger partial charge on any atom is -0.368 e. The lowest BCUT2D eigenvalue weighted by atomic mass is 10.2. The van der Waals surface area contributed by atoms with Crippen LogP contribution in [0.1, 0.15) is 13.8 Å². The Kier molecular flexibility index (Phi) is 6.59. The Morgan fingerprint density at radius 1 is 1.18 bits per heavy atom. The lowest BCUT2D eigenvalue weighted by Crippen LogP contribution is -2.54. The van der Waals surface area contributed by atoms with Crippen molar-refractivity contribution in [3.63, 3.8) is 0 Å². The molecule has 0 saturated carbocycles. The van der Waals surface area contributed by atoms with Gasteiger partial charge in [0.05, 0.1) is 6.04 Å². The van der Waals surface area contributed by atoms with E-state index in [9.17, 15) is 14.4 Å². The Morgan fingerprint density at radius 2 is 1.71 bits per heavy atom. The molecule has 0 aromatic heterocycles. The molecule has 17 heavy (non-hydrogen) atoms. The zero-order chi connectivity index (χ0) is 13.6. The molecule has 0 spiro atoms. The summed E-state index contributed by atoms with van der Waals surface area (Å²) in [6.07, 6.45) is 0. The van der Waals surface area contributed by atoms with Crippen LogP contribution < -0.4 is 22.1 Å².